The summed E-state index contributed by atoms with van der Waals surface area (Å²) in [5, 5.41) is 10.8. The standard InChI is InChI=1S/C27H25IO9S/c1-17-12-14-20(15-13-17)38(32,33)37-24-23(36-26(30)19-10-6-3-7-11-19)22(21(16-28)34-27(24)31)35-25(29)18-8-4-2-5-9-18/h2-15,21-24,27,31H,16H2,1H3/t21-,22-,23+,24-,27+/m1/s1. The molecule has 0 aliphatic carbocycles. The van der Waals surface area contributed by atoms with Gasteiger partial charge in [-0.1, -0.05) is 76.7 Å². The number of aliphatic hydroxyl groups is 1. The van der Waals surface area contributed by atoms with Gasteiger partial charge in [0.25, 0.3) is 10.1 Å². The Balaban J connectivity index is 1.70. The van der Waals surface area contributed by atoms with Gasteiger partial charge in [-0.15, -0.1) is 0 Å². The molecule has 5 atom stereocenters. The molecule has 0 unspecified atom stereocenters. The SMILES string of the molecule is Cc1ccc(S(=O)(=O)O[C@@H]2[C@@H](OC(=O)c3ccccc3)[C@H](OC(=O)c3ccccc3)[C@@H](CI)O[C@@H]2O)cc1. The third-order valence-electron chi connectivity index (χ3n) is 5.81. The van der Waals surface area contributed by atoms with Crippen molar-refractivity contribution < 1.29 is 41.5 Å². The van der Waals surface area contributed by atoms with Gasteiger partial charge in [-0.2, -0.15) is 8.42 Å². The molecule has 0 bridgehead atoms. The summed E-state index contributed by atoms with van der Waals surface area (Å²) >= 11 is 1.97. The predicted molar refractivity (Wildman–Crippen MR) is 144 cm³/mol. The molecule has 9 nitrogen and oxygen atoms in total. The fourth-order valence-corrected chi connectivity index (χ4v) is 5.62. The van der Waals surface area contributed by atoms with E-state index in [1.54, 1.807) is 67.6 Å². The largest absolute Gasteiger partial charge is 0.452 e. The van der Waals surface area contributed by atoms with Crippen molar-refractivity contribution in [3.05, 3.63) is 102 Å². The fraction of sp³-hybridized carbons (Fsp3) is 0.259. The number of hydrogen-bond acceptors (Lipinski definition) is 9. The van der Waals surface area contributed by atoms with Crippen molar-refractivity contribution in [3.8, 4) is 0 Å². The molecule has 0 amide bonds. The van der Waals surface area contributed by atoms with E-state index >= 15 is 0 Å². The lowest BCUT2D eigenvalue weighted by atomic mass is 9.99. The molecule has 1 fully saturated rings. The molecular formula is C27H25IO9S. The van der Waals surface area contributed by atoms with Crippen molar-refractivity contribution in [1.82, 2.24) is 0 Å². The summed E-state index contributed by atoms with van der Waals surface area (Å²) in [5.41, 5.74) is 1.23. The van der Waals surface area contributed by atoms with Gasteiger partial charge in [0, 0.05) is 4.43 Å². The summed E-state index contributed by atoms with van der Waals surface area (Å²) in [6.45, 7) is 1.80. The average molecular weight is 652 g/mol. The van der Waals surface area contributed by atoms with Gasteiger partial charge in [0.2, 0.25) is 0 Å². The maximum absolute atomic E-state index is 13.1. The molecule has 4 rings (SSSR count). The second kappa shape index (κ2) is 12.3. The van der Waals surface area contributed by atoms with Gasteiger partial charge in [0.15, 0.2) is 24.6 Å². The van der Waals surface area contributed by atoms with Gasteiger partial charge in [-0.05, 0) is 43.3 Å². The van der Waals surface area contributed by atoms with Gasteiger partial charge in [0.05, 0.1) is 16.0 Å². The molecule has 3 aromatic carbocycles. The predicted octanol–water partition coefficient (Wildman–Crippen LogP) is 3.67. The summed E-state index contributed by atoms with van der Waals surface area (Å²) in [6.07, 6.45) is -7.31. The first kappa shape index (κ1) is 28.2. The molecule has 38 heavy (non-hydrogen) atoms. The van der Waals surface area contributed by atoms with Crippen LogP contribution in [0.25, 0.3) is 0 Å². The molecule has 0 saturated carbocycles. The average Bonchev–Trinajstić information content (AvgIpc) is 2.93. The third-order valence-corrected chi connectivity index (χ3v) is 8.01. The maximum Gasteiger partial charge on any atom is 0.338 e. The lowest BCUT2D eigenvalue weighted by molar-refractivity contribution is -0.267. The molecule has 200 valence electrons. The minimum atomic E-state index is -4.44. The van der Waals surface area contributed by atoms with Crippen molar-refractivity contribution in [2.75, 3.05) is 4.43 Å². The zero-order valence-electron chi connectivity index (χ0n) is 20.2. The normalized spacial score (nSPS) is 23.4. The first-order chi connectivity index (χ1) is 18.2. The Bertz CT molecular complexity index is 1350. The van der Waals surface area contributed by atoms with Crippen LogP contribution < -0.4 is 0 Å². The number of aryl methyl sites for hydroxylation is 1. The highest BCUT2D eigenvalue weighted by Gasteiger charge is 2.52. The molecule has 1 heterocycles. The van der Waals surface area contributed by atoms with E-state index < -0.39 is 52.8 Å². The molecule has 3 aromatic rings. The number of alkyl halides is 1. The van der Waals surface area contributed by atoms with E-state index in [-0.39, 0.29) is 20.4 Å². The van der Waals surface area contributed by atoms with E-state index in [4.69, 9.17) is 18.4 Å². The van der Waals surface area contributed by atoms with Crippen molar-refractivity contribution in [2.45, 2.75) is 42.5 Å². The third kappa shape index (κ3) is 6.59. The molecule has 1 aliphatic heterocycles. The second-order valence-corrected chi connectivity index (χ2v) is 11.0. The number of hydrogen-bond donors (Lipinski definition) is 1. The molecule has 0 radical (unpaired) electrons. The smallest absolute Gasteiger partial charge is 0.338 e. The van der Waals surface area contributed by atoms with E-state index in [0.29, 0.717) is 0 Å². The number of halogens is 1. The van der Waals surface area contributed by atoms with E-state index in [9.17, 15) is 23.1 Å². The van der Waals surface area contributed by atoms with E-state index in [1.165, 1.54) is 24.3 Å². The van der Waals surface area contributed by atoms with Gasteiger partial charge < -0.3 is 19.3 Å². The number of carbonyl (C=O) groups excluding carboxylic acids is 2. The van der Waals surface area contributed by atoms with Crippen molar-refractivity contribution in [2.24, 2.45) is 0 Å². The van der Waals surface area contributed by atoms with Crippen molar-refractivity contribution in [1.29, 1.82) is 0 Å². The van der Waals surface area contributed by atoms with Crippen LogP contribution in [0.15, 0.2) is 89.8 Å². The number of rotatable bonds is 8. The first-order valence-electron chi connectivity index (χ1n) is 11.6. The number of aliphatic hydroxyl groups excluding tert-OH is 1. The zero-order valence-corrected chi connectivity index (χ0v) is 23.2. The fourth-order valence-electron chi connectivity index (χ4n) is 3.84. The van der Waals surface area contributed by atoms with Crippen LogP contribution in [0.3, 0.4) is 0 Å². The quantitative estimate of drug-likeness (QED) is 0.168. The zero-order chi connectivity index (χ0) is 27.3. The monoisotopic (exact) mass is 652 g/mol. The van der Waals surface area contributed by atoms with Gasteiger partial charge in [-0.3, -0.25) is 4.18 Å². The molecule has 1 N–H and O–H groups in total. The van der Waals surface area contributed by atoms with Crippen LogP contribution in [0.1, 0.15) is 26.3 Å². The second-order valence-electron chi connectivity index (χ2n) is 8.52. The number of esters is 2. The van der Waals surface area contributed by atoms with Crippen LogP contribution >= 0.6 is 22.6 Å². The minimum absolute atomic E-state index is 0.169. The Labute approximate surface area is 233 Å². The maximum atomic E-state index is 13.1. The van der Waals surface area contributed by atoms with E-state index in [1.807, 2.05) is 22.6 Å². The van der Waals surface area contributed by atoms with E-state index in [2.05, 4.69) is 0 Å². The Morgan fingerprint density at radius 3 is 1.82 bits per heavy atom. The summed E-state index contributed by atoms with van der Waals surface area (Å²) in [4.78, 5) is 25.8. The lowest BCUT2D eigenvalue weighted by Gasteiger charge is -2.42. The summed E-state index contributed by atoms with van der Waals surface area (Å²) in [5.74, 6) is -1.56. The number of ether oxygens (including phenoxy) is 3. The Morgan fingerprint density at radius 2 is 1.32 bits per heavy atom. The molecule has 0 spiro atoms. The molecular weight excluding hydrogens is 627 g/mol. The summed E-state index contributed by atoms with van der Waals surface area (Å²) in [6, 6.07) is 22.0. The lowest BCUT2D eigenvalue weighted by Crippen LogP contribution is -2.61. The van der Waals surface area contributed by atoms with Crippen LogP contribution in [-0.4, -0.2) is 60.6 Å². The summed E-state index contributed by atoms with van der Waals surface area (Å²) in [7, 11) is -4.44. The van der Waals surface area contributed by atoms with Crippen molar-refractivity contribution in [3.63, 3.8) is 0 Å². The minimum Gasteiger partial charge on any atom is -0.452 e. The molecule has 0 aromatic heterocycles. The van der Waals surface area contributed by atoms with Gasteiger partial charge >= 0.3 is 11.9 Å². The van der Waals surface area contributed by atoms with Crippen LogP contribution in [0, 0.1) is 6.92 Å². The molecule has 1 saturated heterocycles. The highest BCUT2D eigenvalue weighted by atomic mass is 127. The van der Waals surface area contributed by atoms with Crippen LogP contribution in [0.2, 0.25) is 0 Å². The van der Waals surface area contributed by atoms with Crippen molar-refractivity contribution >= 4 is 44.6 Å². The van der Waals surface area contributed by atoms with Crippen LogP contribution in [-0.2, 0) is 28.5 Å². The highest BCUT2D eigenvalue weighted by molar-refractivity contribution is 14.1. The van der Waals surface area contributed by atoms with Gasteiger partial charge in [-0.25, -0.2) is 9.59 Å². The Morgan fingerprint density at radius 1 is 0.816 bits per heavy atom. The van der Waals surface area contributed by atoms with Crippen LogP contribution in [0.5, 0.6) is 0 Å². The molecule has 11 heteroatoms. The Hall–Kier alpha value is -2.84. The van der Waals surface area contributed by atoms with Gasteiger partial charge in [0.1, 0.15) is 6.10 Å². The highest BCUT2D eigenvalue weighted by Crippen LogP contribution is 2.32. The first-order valence-corrected chi connectivity index (χ1v) is 14.5. The van der Waals surface area contributed by atoms with Crippen LogP contribution in [0.4, 0.5) is 0 Å². The number of benzene rings is 3. The topological polar surface area (TPSA) is 125 Å². The van der Waals surface area contributed by atoms with E-state index in [0.717, 1.165) is 5.56 Å². The number of carbonyl (C=O) groups is 2. The Kier molecular flexibility index (Phi) is 9.15. The summed E-state index contributed by atoms with van der Waals surface area (Å²) < 4.78 is 48.9. The molecule has 1 aliphatic rings.